The zero-order chi connectivity index (χ0) is 22.7. The summed E-state index contributed by atoms with van der Waals surface area (Å²) in [5.41, 5.74) is 2.40. The number of esters is 1. The summed E-state index contributed by atoms with van der Waals surface area (Å²) in [5.74, 6) is 0.964. The lowest BCUT2D eigenvalue weighted by Crippen LogP contribution is -2.17. The first-order chi connectivity index (χ1) is 15.5. The first kappa shape index (κ1) is 22.3. The topological polar surface area (TPSA) is 95.3 Å². The summed E-state index contributed by atoms with van der Waals surface area (Å²) in [6.07, 6.45) is 3.91. The Morgan fingerprint density at radius 1 is 1.22 bits per heavy atom. The Morgan fingerprint density at radius 3 is 2.81 bits per heavy atom. The molecule has 0 radical (unpaired) electrons. The first-order valence-corrected chi connectivity index (χ1v) is 12.0. The van der Waals surface area contributed by atoms with Gasteiger partial charge in [-0.3, -0.25) is 4.79 Å². The van der Waals surface area contributed by atoms with E-state index in [9.17, 15) is 9.59 Å². The number of rotatable bonds is 7. The number of aromatic nitrogens is 3. The lowest BCUT2D eigenvalue weighted by molar-refractivity contribution is -0.113. The predicted octanol–water partition coefficient (Wildman–Crippen LogP) is 3.95. The molecule has 2 heterocycles. The number of carbonyl (C=O) groups excluding carboxylic acids is 2. The number of benzene rings is 1. The molecule has 0 saturated heterocycles. The lowest BCUT2D eigenvalue weighted by Gasteiger charge is -2.11. The number of methoxy groups -OCH3 is 2. The molecule has 168 valence electrons. The van der Waals surface area contributed by atoms with E-state index in [0.29, 0.717) is 21.5 Å². The van der Waals surface area contributed by atoms with Gasteiger partial charge in [0.15, 0.2) is 11.0 Å². The van der Waals surface area contributed by atoms with Crippen LogP contribution in [-0.2, 0) is 29.4 Å². The summed E-state index contributed by atoms with van der Waals surface area (Å²) >= 11 is 2.77. The largest absolute Gasteiger partial charge is 0.497 e. The molecule has 0 fully saturated rings. The molecule has 1 N–H and O–H groups in total. The summed E-state index contributed by atoms with van der Waals surface area (Å²) in [4.78, 5) is 26.2. The minimum absolute atomic E-state index is 0.146. The minimum atomic E-state index is -0.399. The van der Waals surface area contributed by atoms with Crippen LogP contribution in [0.4, 0.5) is 5.00 Å². The van der Waals surface area contributed by atoms with E-state index < -0.39 is 5.97 Å². The number of anilines is 1. The van der Waals surface area contributed by atoms with Gasteiger partial charge in [0.2, 0.25) is 5.91 Å². The van der Waals surface area contributed by atoms with Crippen molar-refractivity contribution in [1.82, 2.24) is 14.8 Å². The van der Waals surface area contributed by atoms with Gasteiger partial charge >= 0.3 is 5.97 Å². The number of thioether (sulfide) groups is 1. The highest BCUT2D eigenvalue weighted by atomic mass is 32.2. The number of fused-ring (bicyclic) bond motifs is 1. The number of carbonyl (C=O) groups is 2. The second-order valence-corrected chi connectivity index (χ2v) is 9.39. The highest BCUT2D eigenvalue weighted by Gasteiger charge is 2.27. The molecule has 0 bridgehead atoms. The van der Waals surface area contributed by atoms with Gasteiger partial charge in [-0.1, -0.05) is 23.9 Å². The number of thiophene rings is 1. The van der Waals surface area contributed by atoms with Gasteiger partial charge in [-0.2, -0.15) is 0 Å². The van der Waals surface area contributed by atoms with Gasteiger partial charge in [0.05, 0.1) is 25.5 Å². The highest BCUT2D eigenvalue weighted by molar-refractivity contribution is 7.99. The van der Waals surface area contributed by atoms with Crippen molar-refractivity contribution >= 4 is 40.0 Å². The number of aryl methyl sites for hydroxylation is 1. The summed E-state index contributed by atoms with van der Waals surface area (Å²) in [5, 5.41) is 12.6. The average molecular weight is 473 g/mol. The number of amides is 1. The second kappa shape index (κ2) is 9.74. The van der Waals surface area contributed by atoms with Crippen molar-refractivity contribution in [1.29, 1.82) is 0 Å². The third-order valence-corrected chi connectivity index (χ3v) is 7.54. The van der Waals surface area contributed by atoms with Crippen LogP contribution in [0.5, 0.6) is 5.75 Å². The van der Waals surface area contributed by atoms with Crippen molar-refractivity contribution in [3.63, 3.8) is 0 Å². The molecule has 3 aromatic rings. The van der Waals surface area contributed by atoms with E-state index >= 15 is 0 Å². The molecule has 1 aliphatic rings. The number of hydrogen-bond acceptors (Lipinski definition) is 8. The molecule has 4 rings (SSSR count). The number of nitrogens with zero attached hydrogens (tertiary/aromatic N) is 3. The van der Waals surface area contributed by atoms with E-state index in [-0.39, 0.29) is 11.7 Å². The Hall–Kier alpha value is -2.85. The maximum Gasteiger partial charge on any atom is 0.341 e. The van der Waals surface area contributed by atoms with E-state index in [0.717, 1.165) is 47.4 Å². The Bertz CT molecular complexity index is 1160. The van der Waals surface area contributed by atoms with Gasteiger partial charge < -0.3 is 19.4 Å². The van der Waals surface area contributed by atoms with Crippen LogP contribution in [0.25, 0.3) is 11.4 Å². The van der Waals surface area contributed by atoms with Crippen LogP contribution >= 0.6 is 23.1 Å². The summed E-state index contributed by atoms with van der Waals surface area (Å²) in [7, 11) is 4.84. The van der Waals surface area contributed by atoms with Crippen LogP contribution < -0.4 is 10.1 Å². The van der Waals surface area contributed by atoms with E-state index in [1.807, 2.05) is 35.9 Å². The smallest absolute Gasteiger partial charge is 0.341 e. The molecule has 0 saturated carbocycles. The number of nitrogens with one attached hydrogen (secondary N) is 1. The third kappa shape index (κ3) is 4.51. The van der Waals surface area contributed by atoms with E-state index in [4.69, 9.17) is 9.47 Å². The Kier molecular flexibility index (Phi) is 6.80. The maximum absolute atomic E-state index is 12.7. The first-order valence-electron chi connectivity index (χ1n) is 10.2. The van der Waals surface area contributed by atoms with Crippen LogP contribution in [0, 0.1) is 0 Å². The second-order valence-electron chi connectivity index (χ2n) is 7.34. The molecule has 8 nitrogen and oxygen atoms in total. The zero-order valence-electron chi connectivity index (χ0n) is 18.1. The van der Waals surface area contributed by atoms with Gasteiger partial charge in [0.1, 0.15) is 10.8 Å². The molecule has 0 atom stereocenters. The quantitative estimate of drug-likeness (QED) is 0.411. The average Bonchev–Trinajstić information content (AvgIpc) is 3.36. The fourth-order valence-electron chi connectivity index (χ4n) is 3.72. The molecule has 1 aromatic carbocycles. The zero-order valence-corrected chi connectivity index (χ0v) is 19.8. The fourth-order valence-corrected chi connectivity index (χ4v) is 5.72. The molecular formula is C22H24N4O4S2. The van der Waals surface area contributed by atoms with E-state index in [1.54, 1.807) is 7.11 Å². The van der Waals surface area contributed by atoms with Crippen molar-refractivity contribution < 1.29 is 19.1 Å². The van der Waals surface area contributed by atoms with Crippen LogP contribution in [0.1, 0.15) is 33.6 Å². The summed E-state index contributed by atoms with van der Waals surface area (Å²) < 4.78 is 12.1. The normalized spacial score (nSPS) is 12.8. The van der Waals surface area contributed by atoms with Crippen LogP contribution in [0.3, 0.4) is 0 Å². The van der Waals surface area contributed by atoms with Crippen molar-refractivity contribution in [2.24, 2.45) is 7.05 Å². The molecule has 10 heteroatoms. The lowest BCUT2D eigenvalue weighted by atomic mass is 9.95. The SMILES string of the molecule is COC(=O)c1c(NC(=O)CSc2nnc(-c3cccc(OC)c3)n2C)sc2c1CCCC2. The van der Waals surface area contributed by atoms with Crippen LogP contribution in [0.15, 0.2) is 29.4 Å². The molecule has 32 heavy (non-hydrogen) atoms. The monoisotopic (exact) mass is 472 g/mol. The Labute approximate surface area is 194 Å². The minimum Gasteiger partial charge on any atom is -0.497 e. The number of ether oxygens (including phenoxy) is 2. The van der Waals surface area contributed by atoms with E-state index in [1.165, 1.54) is 30.2 Å². The van der Waals surface area contributed by atoms with E-state index in [2.05, 4.69) is 15.5 Å². The molecule has 1 aliphatic carbocycles. The van der Waals surface area contributed by atoms with Crippen molar-refractivity contribution in [2.75, 3.05) is 25.3 Å². The maximum atomic E-state index is 12.7. The Balaban J connectivity index is 1.46. The summed E-state index contributed by atoms with van der Waals surface area (Å²) in [6, 6.07) is 7.58. The van der Waals surface area contributed by atoms with Crippen molar-refractivity contribution in [3.8, 4) is 17.1 Å². The third-order valence-electron chi connectivity index (χ3n) is 5.31. The van der Waals surface area contributed by atoms with Crippen molar-refractivity contribution in [2.45, 2.75) is 30.8 Å². The molecule has 0 unspecified atom stereocenters. The highest BCUT2D eigenvalue weighted by Crippen LogP contribution is 2.38. The van der Waals surface area contributed by atoms with Gasteiger partial charge in [-0.05, 0) is 43.4 Å². The van der Waals surface area contributed by atoms with Crippen LogP contribution in [0.2, 0.25) is 0 Å². The Morgan fingerprint density at radius 2 is 2.03 bits per heavy atom. The van der Waals surface area contributed by atoms with Gasteiger partial charge in [-0.25, -0.2) is 4.79 Å². The summed E-state index contributed by atoms with van der Waals surface area (Å²) in [6.45, 7) is 0. The molecular weight excluding hydrogens is 448 g/mol. The number of hydrogen-bond donors (Lipinski definition) is 1. The van der Waals surface area contributed by atoms with Crippen molar-refractivity contribution in [3.05, 3.63) is 40.3 Å². The molecule has 0 aliphatic heterocycles. The standard InChI is InChI=1S/C22H24N4O4S2/c1-26-19(13-7-6-8-14(11-13)29-2)24-25-22(26)31-12-17(27)23-20-18(21(28)30-3)15-9-4-5-10-16(15)32-20/h6-8,11H,4-5,9-10,12H2,1-3H3,(H,23,27). The molecule has 1 amide bonds. The van der Waals surface area contributed by atoms with Crippen LogP contribution in [-0.4, -0.2) is 46.6 Å². The molecule has 2 aromatic heterocycles. The van der Waals surface area contributed by atoms with Gasteiger partial charge in [0.25, 0.3) is 0 Å². The fraction of sp³-hybridized carbons (Fsp3) is 0.364. The van der Waals surface area contributed by atoms with Gasteiger partial charge in [-0.15, -0.1) is 21.5 Å². The predicted molar refractivity (Wildman–Crippen MR) is 125 cm³/mol. The molecule has 0 spiro atoms. The van der Waals surface area contributed by atoms with Gasteiger partial charge in [0, 0.05) is 17.5 Å².